The summed E-state index contributed by atoms with van der Waals surface area (Å²) in [6, 6.07) is 29.1. The Kier molecular flexibility index (Phi) is 14.5. The molecular weight excluding hydrogens is 1020 g/mol. The van der Waals surface area contributed by atoms with Crippen LogP contribution in [-0.2, 0) is 44.2 Å². The van der Waals surface area contributed by atoms with Gasteiger partial charge in [0, 0.05) is 29.5 Å². The van der Waals surface area contributed by atoms with Crippen LogP contribution in [0.15, 0.2) is 91.3 Å². The third kappa shape index (κ3) is 11.3. The molecule has 64 heavy (non-hydrogen) atoms. The van der Waals surface area contributed by atoms with Crippen LogP contribution in [0.2, 0.25) is 19.6 Å². The minimum absolute atomic E-state index is 0. The molecule has 0 spiro atoms. The van der Waals surface area contributed by atoms with Crippen molar-refractivity contribution < 1.29 is 52.1 Å². The van der Waals surface area contributed by atoms with E-state index in [4.69, 9.17) is 9.72 Å². The van der Waals surface area contributed by atoms with Gasteiger partial charge in [0.2, 0.25) is 0 Å². The average molecular weight is 1070 g/mol. The minimum atomic E-state index is -5.06. The van der Waals surface area contributed by atoms with Crippen molar-refractivity contribution in [3.8, 4) is 56.3 Å². The molecule has 0 aliphatic heterocycles. The summed E-state index contributed by atoms with van der Waals surface area (Å²) < 4.78 is 95.2. The normalized spacial score (nSPS) is 12.8. The van der Waals surface area contributed by atoms with Gasteiger partial charge in [0.05, 0.1) is 19.2 Å². The zero-order valence-corrected chi connectivity index (χ0v) is 42.0. The van der Waals surface area contributed by atoms with Gasteiger partial charge in [-0.15, -0.1) is 34.4 Å². The molecule has 2 aromatic heterocycles. The Morgan fingerprint density at radius 2 is 0.938 bits per heavy atom. The number of nitrogens with zero attached hydrogens (tertiary/aromatic N) is 2. The summed E-state index contributed by atoms with van der Waals surface area (Å²) in [7, 11) is -2.61. The van der Waals surface area contributed by atoms with E-state index in [9.17, 15) is 26.3 Å². The molecule has 0 unspecified atom stereocenters. The second-order valence-corrected chi connectivity index (χ2v) is 25.1. The average Bonchev–Trinajstić information content (AvgIpc) is 3.18. The van der Waals surface area contributed by atoms with Gasteiger partial charge in [0.15, 0.2) is 0 Å². The van der Waals surface area contributed by atoms with Crippen molar-refractivity contribution in [1.82, 2.24) is 9.97 Å². The monoisotopic (exact) mass is 1070 g/mol. The molecule has 0 N–H and O–H groups in total. The van der Waals surface area contributed by atoms with Crippen LogP contribution in [0, 0.1) is 12.1 Å². The SMILES string of the molecule is CC(C)c1cccc(C(C)C)c1-c1ccnc(-c2[c-]c(Oc3[c-]c(-c4cc(-c5c(C(F)(F)F)cc([Si](C)(C)C)cc5C(F)(F)F)ccn4)cc(C(C)(C)C)c3)cc(C(C)(C)C)c2)c1.[Pt+2]. The summed E-state index contributed by atoms with van der Waals surface area (Å²) in [6.07, 6.45) is -7.07. The van der Waals surface area contributed by atoms with Gasteiger partial charge in [-0.2, -0.15) is 26.3 Å². The van der Waals surface area contributed by atoms with Gasteiger partial charge in [0.25, 0.3) is 0 Å². The van der Waals surface area contributed by atoms with Crippen LogP contribution in [0.25, 0.3) is 44.8 Å². The van der Waals surface area contributed by atoms with Gasteiger partial charge in [-0.25, -0.2) is 0 Å². The maximum atomic E-state index is 14.8. The molecule has 0 saturated carbocycles. The molecule has 2 heterocycles. The van der Waals surface area contributed by atoms with E-state index in [0.717, 1.165) is 34.4 Å². The summed E-state index contributed by atoms with van der Waals surface area (Å²) in [4.78, 5) is 9.26. The molecule has 0 aliphatic rings. The molecule has 0 amide bonds. The van der Waals surface area contributed by atoms with Crippen molar-refractivity contribution in [2.75, 3.05) is 0 Å². The third-order valence-corrected chi connectivity index (χ3v) is 13.3. The number of aromatic nitrogens is 2. The van der Waals surface area contributed by atoms with Crippen molar-refractivity contribution >= 4 is 13.3 Å². The maximum absolute atomic E-state index is 14.8. The van der Waals surface area contributed by atoms with E-state index in [1.807, 2.05) is 45.2 Å². The Labute approximate surface area is 390 Å². The van der Waals surface area contributed by atoms with Gasteiger partial charge < -0.3 is 14.7 Å². The summed E-state index contributed by atoms with van der Waals surface area (Å²) >= 11 is 0. The number of alkyl halides is 6. The van der Waals surface area contributed by atoms with E-state index in [1.165, 1.54) is 35.0 Å². The largest absolute Gasteiger partial charge is 2.00 e. The number of hydrogen-bond donors (Lipinski definition) is 0. The molecule has 0 atom stereocenters. The first-order chi connectivity index (χ1) is 29.0. The summed E-state index contributed by atoms with van der Waals surface area (Å²) in [5, 5.41) is 0.0592. The Morgan fingerprint density at radius 3 is 1.28 bits per heavy atom. The molecule has 4 aromatic carbocycles. The standard InChI is InChI=1S/C53H56F6N2OSi.Pt/c1-31(2)42-15-14-16-43(32(3)4)48(42)33-17-19-60-46(25-33)35-21-37(50(5,6)7)27-39(23-35)62-40-24-36(22-38(28-40)51(8,9)10)47-26-34(18-20-61-47)49-44(52(54,55)56)29-41(63(11,12)13)30-45(49)53(57,58)59;/h14-22,25-32H,1-13H3;/q-2;+2. The molecule has 0 aliphatic carbocycles. The van der Waals surface area contributed by atoms with Crippen molar-refractivity contribution in [3.63, 3.8) is 0 Å². The molecule has 0 radical (unpaired) electrons. The number of ether oxygens (including phenoxy) is 1. The fraction of sp³-hybridized carbons (Fsp3) is 0.358. The maximum Gasteiger partial charge on any atom is 2.00 e. The van der Waals surface area contributed by atoms with E-state index in [1.54, 1.807) is 25.7 Å². The molecule has 3 nitrogen and oxygen atoms in total. The first kappa shape index (κ1) is 50.5. The predicted molar refractivity (Wildman–Crippen MR) is 247 cm³/mol. The van der Waals surface area contributed by atoms with E-state index >= 15 is 0 Å². The summed E-state index contributed by atoms with van der Waals surface area (Å²) in [6.45, 7) is 26.2. The van der Waals surface area contributed by atoms with E-state index in [0.29, 0.717) is 28.8 Å². The van der Waals surface area contributed by atoms with E-state index in [2.05, 4.69) is 95.9 Å². The van der Waals surface area contributed by atoms with Gasteiger partial charge in [0.1, 0.15) is 0 Å². The van der Waals surface area contributed by atoms with Crippen LogP contribution >= 0.6 is 0 Å². The summed E-state index contributed by atoms with van der Waals surface area (Å²) in [5.74, 6) is 1.25. The fourth-order valence-electron chi connectivity index (χ4n) is 7.64. The zero-order valence-electron chi connectivity index (χ0n) is 38.7. The predicted octanol–water partition coefficient (Wildman–Crippen LogP) is 16.0. The Bertz CT molecular complexity index is 2590. The van der Waals surface area contributed by atoms with Gasteiger partial charge >= 0.3 is 33.4 Å². The Morgan fingerprint density at radius 1 is 0.547 bits per heavy atom. The van der Waals surface area contributed by atoms with Crippen LogP contribution in [0.1, 0.15) is 114 Å². The number of halogens is 6. The number of benzene rings is 4. The Balaban J connectivity index is 0.00000771. The Hall–Kier alpha value is -4.53. The van der Waals surface area contributed by atoms with Gasteiger partial charge in [-0.3, -0.25) is 0 Å². The molecule has 0 fully saturated rings. The third-order valence-electron chi connectivity index (χ3n) is 11.3. The first-order valence-corrected chi connectivity index (χ1v) is 24.7. The minimum Gasteiger partial charge on any atom is -0.497 e. The number of pyridine rings is 2. The molecule has 6 aromatic rings. The summed E-state index contributed by atoms with van der Waals surface area (Å²) in [5.41, 5.74) is 3.77. The van der Waals surface area contributed by atoms with Crippen LogP contribution in [-0.4, -0.2) is 18.0 Å². The second kappa shape index (κ2) is 18.4. The van der Waals surface area contributed by atoms with Crippen LogP contribution < -0.4 is 9.92 Å². The molecule has 0 bridgehead atoms. The first-order valence-electron chi connectivity index (χ1n) is 21.2. The fourth-order valence-corrected chi connectivity index (χ4v) is 8.80. The topological polar surface area (TPSA) is 35.0 Å². The van der Waals surface area contributed by atoms with E-state index in [-0.39, 0.29) is 48.7 Å². The van der Waals surface area contributed by atoms with Gasteiger partial charge in [-0.05, 0) is 74.0 Å². The second-order valence-electron chi connectivity index (χ2n) is 20.1. The van der Waals surface area contributed by atoms with E-state index < -0.39 is 42.5 Å². The smallest absolute Gasteiger partial charge is 0.497 e. The molecule has 0 saturated heterocycles. The molecular formula is C53H56F6N2OPtSi. The zero-order chi connectivity index (χ0) is 46.6. The van der Waals surface area contributed by atoms with Crippen molar-refractivity contribution in [2.45, 2.75) is 124 Å². The van der Waals surface area contributed by atoms with Crippen molar-refractivity contribution in [3.05, 3.63) is 137 Å². The molecule has 6 rings (SSSR count). The van der Waals surface area contributed by atoms with Crippen LogP contribution in [0.4, 0.5) is 26.3 Å². The number of hydrogen-bond acceptors (Lipinski definition) is 3. The quantitative estimate of drug-likeness (QED) is 0.0822. The van der Waals surface area contributed by atoms with Gasteiger partial charge in [-0.1, -0.05) is 161 Å². The molecule has 340 valence electrons. The van der Waals surface area contributed by atoms with Crippen molar-refractivity contribution in [1.29, 1.82) is 0 Å². The van der Waals surface area contributed by atoms with Crippen LogP contribution in [0.5, 0.6) is 11.5 Å². The van der Waals surface area contributed by atoms with Crippen LogP contribution in [0.3, 0.4) is 0 Å². The van der Waals surface area contributed by atoms with Crippen molar-refractivity contribution in [2.24, 2.45) is 0 Å². The number of rotatable bonds is 9. The molecule has 11 heteroatoms.